The number of nitrogens with one attached hydrogen (secondary N) is 3. The highest BCUT2D eigenvalue weighted by atomic mass is 16.2. The van der Waals surface area contributed by atoms with Gasteiger partial charge in [-0.2, -0.15) is 5.10 Å². The van der Waals surface area contributed by atoms with Gasteiger partial charge in [0.2, 0.25) is 0 Å². The lowest BCUT2D eigenvalue weighted by atomic mass is 9.80. The molecule has 0 spiro atoms. The molecule has 3 rings (SSSR count). The van der Waals surface area contributed by atoms with Gasteiger partial charge in [0.25, 0.3) is 5.91 Å². The Bertz CT molecular complexity index is 575. The van der Waals surface area contributed by atoms with E-state index < -0.39 is 5.54 Å². The molecule has 2 aromatic heterocycles. The summed E-state index contributed by atoms with van der Waals surface area (Å²) >= 11 is 0. The Kier molecular flexibility index (Phi) is 3.85. The number of anilines is 2. The third-order valence-electron chi connectivity index (χ3n) is 3.92. The highest BCUT2D eigenvalue weighted by molar-refractivity contribution is 5.99. The highest BCUT2D eigenvalue weighted by Gasteiger charge is 2.40. The van der Waals surface area contributed by atoms with Gasteiger partial charge in [0.15, 0.2) is 0 Å². The summed E-state index contributed by atoms with van der Waals surface area (Å²) in [7, 11) is 0. The average molecular weight is 285 g/mol. The van der Waals surface area contributed by atoms with Gasteiger partial charge >= 0.3 is 0 Å². The van der Waals surface area contributed by atoms with Crippen molar-refractivity contribution in [2.24, 2.45) is 0 Å². The lowest BCUT2D eigenvalue weighted by Gasteiger charge is -2.36. The first-order valence-corrected chi connectivity index (χ1v) is 7.29. The number of aromatic nitrogens is 3. The first-order chi connectivity index (χ1) is 10.3. The number of hydrogen-bond donors (Lipinski definition) is 3. The number of pyridine rings is 1. The zero-order chi connectivity index (χ0) is 14.5. The number of carbonyl (C=O) groups is 1. The van der Waals surface area contributed by atoms with E-state index in [0.29, 0.717) is 11.6 Å². The highest BCUT2D eigenvalue weighted by Crippen LogP contribution is 2.32. The summed E-state index contributed by atoms with van der Waals surface area (Å²) in [6, 6.07) is 7.32. The van der Waals surface area contributed by atoms with E-state index in [1.165, 1.54) is 6.42 Å². The normalized spacial score (nSPS) is 17.1. The standard InChI is InChI=1S/C15H19N5O/c21-14(18-12-6-2-5-10-16-12)15(8-3-1-4-9-15)19-13-7-11-17-20-13/h2,5-7,10-11H,1,3-4,8-9H2,(H,16,18,21)(H2,17,19,20). The zero-order valence-electron chi connectivity index (χ0n) is 11.8. The van der Waals surface area contributed by atoms with Crippen molar-refractivity contribution < 1.29 is 4.79 Å². The predicted molar refractivity (Wildman–Crippen MR) is 80.9 cm³/mol. The van der Waals surface area contributed by atoms with Gasteiger partial charge in [-0.1, -0.05) is 25.3 Å². The Morgan fingerprint density at radius 1 is 1.14 bits per heavy atom. The molecule has 6 nitrogen and oxygen atoms in total. The number of carbonyl (C=O) groups excluding carboxylic acids is 1. The van der Waals surface area contributed by atoms with Gasteiger partial charge in [-0.3, -0.25) is 9.89 Å². The Labute approximate surface area is 123 Å². The number of H-pyrrole nitrogens is 1. The van der Waals surface area contributed by atoms with Crippen molar-refractivity contribution in [2.45, 2.75) is 37.6 Å². The van der Waals surface area contributed by atoms with Crippen molar-refractivity contribution in [1.29, 1.82) is 0 Å². The number of amides is 1. The molecule has 0 bridgehead atoms. The fourth-order valence-corrected chi connectivity index (χ4v) is 2.81. The van der Waals surface area contributed by atoms with E-state index >= 15 is 0 Å². The predicted octanol–water partition coefficient (Wildman–Crippen LogP) is 2.56. The van der Waals surface area contributed by atoms with Crippen LogP contribution < -0.4 is 10.6 Å². The Morgan fingerprint density at radius 3 is 2.67 bits per heavy atom. The van der Waals surface area contributed by atoms with Crippen LogP contribution >= 0.6 is 0 Å². The van der Waals surface area contributed by atoms with Crippen LogP contribution in [0.1, 0.15) is 32.1 Å². The van der Waals surface area contributed by atoms with Crippen molar-refractivity contribution in [1.82, 2.24) is 15.2 Å². The molecule has 0 aliphatic heterocycles. The van der Waals surface area contributed by atoms with Crippen LogP contribution in [0.3, 0.4) is 0 Å². The first kappa shape index (κ1) is 13.6. The minimum atomic E-state index is -0.606. The SMILES string of the molecule is O=C(Nc1ccccn1)C1(Nc2cc[nH]n2)CCCCC1. The average Bonchev–Trinajstić information content (AvgIpc) is 3.02. The largest absolute Gasteiger partial charge is 0.354 e. The number of nitrogens with zero attached hydrogens (tertiary/aromatic N) is 2. The third-order valence-corrected chi connectivity index (χ3v) is 3.92. The second kappa shape index (κ2) is 5.95. The number of hydrogen-bond acceptors (Lipinski definition) is 4. The molecule has 0 aromatic carbocycles. The Morgan fingerprint density at radius 2 is 2.00 bits per heavy atom. The van der Waals surface area contributed by atoms with Gasteiger partial charge in [0.05, 0.1) is 0 Å². The quantitative estimate of drug-likeness (QED) is 0.806. The molecule has 1 amide bonds. The lowest BCUT2D eigenvalue weighted by molar-refractivity contribution is -0.121. The molecule has 2 heterocycles. The third kappa shape index (κ3) is 3.04. The van der Waals surface area contributed by atoms with Gasteiger partial charge in [-0.05, 0) is 31.0 Å². The fraction of sp³-hybridized carbons (Fsp3) is 0.400. The van der Waals surface area contributed by atoms with Crippen molar-refractivity contribution in [3.8, 4) is 0 Å². The summed E-state index contributed by atoms with van der Waals surface area (Å²) in [4.78, 5) is 16.9. The van der Waals surface area contributed by atoms with Gasteiger partial charge in [0, 0.05) is 12.4 Å². The van der Waals surface area contributed by atoms with Crippen LogP contribution in [-0.2, 0) is 4.79 Å². The van der Waals surface area contributed by atoms with Gasteiger partial charge < -0.3 is 10.6 Å². The molecule has 0 radical (unpaired) electrons. The van der Waals surface area contributed by atoms with Crippen molar-refractivity contribution in [3.05, 3.63) is 36.7 Å². The summed E-state index contributed by atoms with van der Waals surface area (Å²) in [5.41, 5.74) is -0.606. The van der Waals surface area contributed by atoms with Gasteiger partial charge in [-0.15, -0.1) is 0 Å². The summed E-state index contributed by atoms with van der Waals surface area (Å²) < 4.78 is 0. The molecule has 6 heteroatoms. The monoisotopic (exact) mass is 285 g/mol. The molecule has 110 valence electrons. The minimum absolute atomic E-state index is 0.0381. The van der Waals surface area contributed by atoms with Crippen molar-refractivity contribution >= 4 is 17.5 Å². The summed E-state index contributed by atoms with van der Waals surface area (Å²) in [5, 5.41) is 13.1. The van der Waals surface area contributed by atoms with Crippen molar-refractivity contribution in [3.63, 3.8) is 0 Å². The Balaban J connectivity index is 1.79. The van der Waals surface area contributed by atoms with Crippen LogP contribution in [0.2, 0.25) is 0 Å². The van der Waals surface area contributed by atoms with E-state index in [-0.39, 0.29) is 5.91 Å². The maximum atomic E-state index is 12.8. The van der Waals surface area contributed by atoms with E-state index in [2.05, 4.69) is 25.8 Å². The summed E-state index contributed by atoms with van der Waals surface area (Å²) in [6.07, 6.45) is 8.26. The molecular weight excluding hydrogens is 266 g/mol. The van der Waals surface area contributed by atoms with E-state index in [4.69, 9.17) is 0 Å². The number of rotatable bonds is 4. The molecule has 1 aliphatic rings. The van der Waals surface area contributed by atoms with Crippen LogP contribution in [0, 0.1) is 0 Å². The molecule has 2 aromatic rings. The zero-order valence-corrected chi connectivity index (χ0v) is 11.8. The maximum Gasteiger partial charge on any atom is 0.251 e. The maximum absolute atomic E-state index is 12.8. The van der Waals surface area contributed by atoms with Crippen LogP contribution in [0.15, 0.2) is 36.7 Å². The van der Waals surface area contributed by atoms with E-state index in [0.717, 1.165) is 25.7 Å². The molecule has 0 saturated heterocycles. The second-order valence-electron chi connectivity index (χ2n) is 5.40. The van der Waals surface area contributed by atoms with E-state index in [9.17, 15) is 4.79 Å². The number of aromatic amines is 1. The molecule has 3 N–H and O–H groups in total. The second-order valence-corrected chi connectivity index (χ2v) is 5.40. The van der Waals surface area contributed by atoms with Crippen LogP contribution in [-0.4, -0.2) is 26.6 Å². The first-order valence-electron chi connectivity index (χ1n) is 7.29. The smallest absolute Gasteiger partial charge is 0.251 e. The molecule has 1 saturated carbocycles. The molecule has 1 aliphatic carbocycles. The van der Waals surface area contributed by atoms with E-state index in [1.807, 2.05) is 18.2 Å². The van der Waals surface area contributed by atoms with Crippen LogP contribution in [0.5, 0.6) is 0 Å². The topological polar surface area (TPSA) is 82.7 Å². The van der Waals surface area contributed by atoms with Crippen LogP contribution in [0.25, 0.3) is 0 Å². The minimum Gasteiger partial charge on any atom is -0.354 e. The summed E-state index contributed by atoms with van der Waals surface area (Å²) in [5.74, 6) is 1.24. The molecule has 0 unspecified atom stereocenters. The molecule has 1 fully saturated rings. The Hall–Kier alpha value is -2.37. The molecule has 0 atom stereocenters. The molecular formula is C15H19N5O. The lowest BCUT2D eigenvalue weighted by Crippen LogP contribution is -2.51. The van der Waals surface area contributed by atoms with E-state index in [1.54, 1.807) is 18.5 Å². The fourth-order valence-electron chi connectivity index (χ4n) is 2.81. The summed E-state index contributed by atoms with van der Waals surface area (Å²) in [6.45, 7) is 0. The van der Waals surface area contributed by atoms with Crippen LogP contribution in [0.4, 0.5) is 11.6 Å². The van der Waals surface area contributed by atoms with Gasteiger partial charge in [0.1, 0.15) is 17.2 Å². The van der Waals surface area contributed by atoms with Gasteiger partial charge in [-0.25, -0.2) is 4.98 Å². The molecule has 21 heavy (non-hydrogen) atoms. The van der Waals surface area contributed by atoms with Crippen molar-refractivity contribution in [2.75, 3.05) is 10.6 Å².